The third-order valence-electron chi connectivity index (χ3n) is 5.58. The molecule has 3 unspecified atom stereocenters. The number of hydrogen-bond acceptors (Lipinski definition) is 3. The minimum atomic E-state index is 0. The van der Waals surface area contributed by atoms with Crippen LogP contribution in [-0.2, 0) is 0 Å². The Morgan fingerprint density at radius 2 is 1.92 bits per heavy atom. The summed E-state index contributed by atoms with van der Waals surface area (Å²) in [4.78, 5) is 12.6. The van der Waals surface area contributed by atoms with Gasteiger partial charge in [0, 0.05) is 24.2 Å². The smallest absolute Gasteiger partial charge is 0.132 e. The first kappa shape index (κ1) is 19.2. The molecule has 0 bridgehead atoms. The highest BCUT2D eigenvalue weighted by Crippen LogP contribution is 2.36. The highest BCUT2D eigenvalue weighted by molar-refractivity contribution is 5.85. The summed E-state index contributed by atoms with van der Waals surface area (Å²) in [5.41, 5.74) is 2.08. The molecule has 2 aromatic heterocycles. The molecule has 5 nitrogen and oxygen atoms in total. The van der Waals surface area contributed by atoms with Crippen molar-refractivity contribution < 1.29 is 5.48 Å². The number of H-pyrrole nitrogens is 1. The van der Waals surface area contributed by atoms with Gasteiger partial charge >= 0.3 is 0 Å². The molecule has 0 radical (unpaired) electrons. The van der Waals surface area contributed by atoms with E-state index in [2.05, 4.69) is 22.2 Å². The number of aromatic amines is 1. The largest absolute Gasteiger partial charge is 0.412 e. The molecular weight excluding hydrogens is 324 g/mol. The number of aromatic nitrogens is 3. The third-order valence-corrected chi connectivity index (χ3v) is 5.58. The Labute approximate surface area is 149 Å². The monoisotopic (exact) mass is 352 g/mol. The molecule has 0 aromatic carbocycles. The van der Waals surface area contributed by atoms with Crippen molar-refractivity contribution >= 4 is 23.4 Å². The predicted molar refractivity (Wildman–Crippen MR) is 99.7 cm³/mol. The Bertz CT molecular complexity index is 641. The second-order valence-corrected chi connectivity index (χ2v) is 7.25. The van der Waals surface area contributed by atoms with E-state index in [1.807, 2.05) is 18.5 Å². The summed E-state index contributed by atoms with van der Waals surface area (Å²) in [7, 11) is 0. The van der Waals surface area contributed by atoms with E-state index in [1.165, 1.54) is 38.5 Å². The maximum absolute atomic E-state index is 4.80. The molecular formula is C18H29ClN4O. The van der Waals surface area contributed by atoms with E-state index in [9.17, 15) is 0 Å². The Hall–Kier alpha value is -1.17. The van der Waals surface area contributed by atoms with Crippen molar-refractivity contribution in [2.75, 3.05) is 0 Å². The van der Waals surface area contributed by atoms with Crippen LogP contribution in [0.2, 0.25) is 0 Å². The third kappa shape index (κ3) is 3.90. The number of fused-ring (bicyclic) bond motifs is 1. The van der Waals surface area contributed by atoms with Crippen LogP contribution >= 0.6 is 12.4 Å². The fourth-order valence-electron chi connectivity index (χ4n) is 4.46. The second kappa shape index (κ2) is 8.28. The summed E-state index contributed by atoms with van der Waals surface area (Å²) in [5, 5.41) is 3.86. The fraction of sp³-hybridized carbons (Fsp3) is 0.667. The van der Waals surface area contributed by atoms with E-state index in [1.54, 1.807) is 0 Å². The van der Waals surface area contributed by atoms with Crippen molar-refractivity contribution in [2.45, 2.75) is 69.9 Å². The van der Waals surface area contributed by atoms with Gasteiger partial charge in [-0.3, -0.25) is 0 Å². The molecule has 134 valence electrons. The summed E-state index contributed by atoms with van der Waals surface area (Å²) in [5.74, 6) is 2.40. The lowest BCUT2D eigenvalue weighted by atomic mass is 9.76. The highest BCUT2D eigenvalue weighted by Gasteiger charge is 2.33. The molecule has 4 rings (SSSR count). The Morgan fingerprint density at radius 1 is 1.12 bits per heavy atom. The Balaban J connectivity index is 0.00000104. The molecule has 4 N–H and O–H groups in total. The van der Waals surface area contributed by atoms with Gasteiger partial charge in [0.1, 0.15) is 5.82 Å². The molecule has 1 aliphatic heterocycles. The standard InChI is InChI=1S/C18H26N4.ClH.H2O/c1-12-9-14(10-16(21-12)13-5-3-2-4-6-13)18-20-11-17-15(22-18)7-8-19-17;;/h7-8,11-14,16,19,21H,2-6,9-10H2,1H3;1H;1H2. The van der Waals surface area contributed by atoms with E-state index in [0.717, 1.165) is 29.2 Å². The van der Waals surface area contributed by atoms with Crippen molar-refractivity contribution in [1.29, 1.82) is 0 Å². The van der Waals surface area contributed by atoms with Gasteiger partial charge in [-0.2, -0.15) is 0 Å². The molecule has 1 saturated heterocycles. The van der Waals surface area contributed by atoms with Crippen molar-refractivity contribution in [1.82, 2.24) is 20.3 Å². The molecule has 2 aromatic rings. The minimum absolute atomic E-state index is 0. The van der Waals surface area contributed by atoms with Crippen LogP contribution < -0.4 is 5.32 Å². The van der Waals surface area contributed by atoms with Crippen LogP contribution in [-0.4, -0.2) is 32.5 Å². The van der Waals surface area contributed by atoms with Gasteiger partial charge in [-0.05, 0) is 44.6 Å². The van der Waals surface area contributed by atoms with Crippen LogP contribution in [0.25, 0.3) is 11.0 Å². The lowest BCUT2D eigenvalue weighted by Crippen LogP contribution is -2.48. The zero-order valence-corrected chi connectivity index (χ0v) is 15.1. The number of nitrogens with zero attached hydrogens (tertiary/aromatic N) is 2. The van der Waals surface area contributed by atoms with Crippen molar-refractivity contribution in [3.8, 4) is 0 Å². The number of nitrogens with one attached hydrogen (secondary N) is 2. The van der Waals surface area contributed by atoms with Crippen LogP contribution in [0.15, 0.2) is 18.5 Å². The van der Waals surface area contributed by atoms with Gasteiger partial charge < -0.3 is 15.8 Å². The molecule has 0 spiro atoms. The van der Waals surface area contributed by atoms with Crippen LogP contribution in [0.3, 0.4) is 0 Å². The summed E-state index contributed by atoms with van der Waals surface area (Å²) in [6.07, 6.45) is 13.3. The van der Waals surface area contributed by atoms with Crippen LogP contribution in [0.1, 0.15) is 63.6 Å². The van der Waals surface area contributed by atoms with Gasteiger partial charge in [0.05, 0.1) is 17.2 Å². The van der Waals surface area contributed by atoms with E-state index in [4.69, 9.17) is 4.98 Å². The topological polar surface area (TPSA) is 85.1 Å². The minimum Gasteiger partial charge on any atom is -0.412 e. The van der Waals surface area contributed by atoms with Crippen LogP contribution in [0, 0.1) is 5.92 Å². The van der Waals surface area contributed by atoms with Crippen LogP contribution in [0.5, 0.6) is 0 Å². The zero-order valence-electron chi connectivity index (χ0n) is 14.3. The van der Waals surface area contributed by atoms with Gasteiger partial charge in [-0.15, -0.1) is 12.4 Å². The van der Waals surface area contributed by atoms with Crippen LogP contribution in [0.4, 0.5) is 0 Å². The molecule has 1 saturated carbocycles. The molecule has 3 heterocycles. The molecule has 6 heteroatoms. The van der Waals surface area contributed by atoms with E-state index in [-0.39, 0.29) is 17.9 Å². The summed E-state index contributed by atoms with van der Waals surface area (Å²) >= 11 is 0. The zero-order chi connectivity index (χ0) is 14.9. The summed E-state index contributed by atoms with van der Waals surface area (Å²) in [6.45, 7) is 2.32. The molecule has 2 aliphatic rings. The van der Waals surface area contributed by atoms with E-state index in [0.29, 0.717) is 18.0 Å². The first-order valence-electron chi connectivity index (χ1n) is 8.85. The normalized spacial score (nSPS) is 28.1. The summed E-state index contributed by atoms with van der Waals surface area (Å²) < 4.78 is 0. The Morgan fingerprint density at radius 3 is 2.71 bits per heavy atom. The SMILES string of the molecule is CC1CC(c2ncc3[nH]ccc3n2)CC(C2CCCCC2)N1.Cl.O. The number of hydrogen-bond donors (Lipinski definition) is 2. The van der Waals surface area contributed by atoms with Crippen molar-refractivity contribution in [2.24, 2.45) is 5.92 Å². The van der Waals surface area contributed by atoms with Gasteiger partial charge in [0.2, 0.25) is 0 Å². The molecule has 2 fully saturated rings. The molecule has 0 amide bonds. The lowest BCUT2D eigenvalue weighted by Gasteiger charge is -2.40. The van der Waals surface area contributed by atoms with E-state index >= 15 is 0 Å². The maximum Gasteiger partial charge on any atom is 0.132 e. The molecule has 1 aliphatic carbocycles. The first-order chi connectivity index (χ1) is 10.8. The lowest BCUT2D eigenvalue weighted by molar-refractivity contribution is 0.193. The highest BCUT2D eigenvalue weighted by atomic mass is 35.5. The van der Waals surface area contributed by atoms with Gasteiger partial charge in [-0.25, -0.2) is 9.97 Å². The van der Waals surface area contributed by atoms with Gasteiger partial charge in [0.25, 0.3) is 0 Å². The van der Waals surface area contributed by atoms with Gasteiger partial charge in [-0.1, -0.05) is 19.3 Å². The predicted octanol–water partition coefficient (Wildman–Crippen LogP) is 3.36. The number of rotatable bonds is 2. The number of halogens is 1. The summed E-state index contributed by atoms with van der Waals surface area (Å²) in [6, 6.07) is 3.26. The first-order valence-corrected chi connectivity index (χ1v) is 8.85. The molecule has 3 atom stereocenters. The quantitative estimate of drug-likeness (QED) is 0.868. The fourth-order valence-corrected chi connectivity index (χ4v) is 4.46. The molecule has 24 heavy (non-hydrogen) atoms. The van der Waals surface area contributed by atoms with Crippen molar-refractivity contribution in [3.63, 3.8) is 0 Å². The van der Waals surface area contributed by atoms with Crippen molar-refractivity contribution in [3.05, 3.63) is 24.3 Å². The average molecular weight is 353 g/mol. The number of piperidine rings is 1. The van der Waals surface area contributed by atoms with Gasteiger partial charge in [0.15, 0.2) is 0 Å². The maximum atomic E-state index is 4.80. The average Bonchev–Trinajstić information content (AvgIpc) is 3.02. The van der Waals surface area contributed by atoms with E-state index < -0.39 is 0 Å². The second-order valence-electron chi connectivity index (χ2n) is 7.25. The Kier molecular flexibility index (Phi) is 6.61.